The quantitative estimate of drug-likeness (QED) is 0.942. The van der Waals surface area contributed by atoms with Gasteiger partial charge in [-0.25, -0.2) is 13.4 Å². The van der Waals surface area contributed by atoms with Gasteiger partial charge < -0.3 is 4.74 Å². The highest BCUT2D eigenvalue weighted by molar-refractivity contribution is 7.93. The molecule has 1 aromatic heterocycles. The third-order valence-corrected chi connectivity index (χ3v) is 5.43. The van der Waals surface area contributed by atoms with Crippen molar-refractivity contribution in [3.05, 3.63) is 34.3 Å². The molecule has 2 aromatic rings. The van der Waals surface area contributed by atoms with Crippen LogP contribution in [0.4, 0.5) is 5.13 Å². The molecule has 1 aromatic carbocycles. The van der Waals surface area contributed by atoms with Gasteiger partial charge in [-0.2, -0.15) is 0 Å². The third-order valence-electron chi connectivity index (χ3n) is 2.78. The van der Waals surface area contributed by atoms with Crippen LogP contribution in [0.5, 0.6) is 5.75 Å². The van der Waals surface area contributed by atoms with Gasteiger partial charge in [0.25, 0.3) is 10.0 Å². The van der Waals surface area contributed by atoms with Gasteiger partial charge in [0, 0.05) is 5.38 Å². The van der Waals surface area contributed by atoms with Crippen molar-refractivity contribution in [2.75, 3.05) is 11.8 Å². The van der Waals surface area contributed by atoms with E-state index in [2.05, 4.69) is 9.71 Å². The van der Waals surface area contributed by atoms with E-state index in [9.17, 15) is 8.42 Å². The summed E-state index contributed by atoms with van der Waals surface area (Å²) in [6.07, 6.45) is 0. The van der Waals surface area contributed by atoms with Gasteiger partial charge in [-0.15, -0.1) is 11.3 Å². The molecule has 20 heavy (non-hydrogen) atoms. The van der Waals surface area contributed by atoms with E-state index >= 15 is 0 Å². The summed E-state index contributed by atoms with van der Waals surface area (Å²) in [7, 11) is -2.09. The molecular weight excluding hydrogens is 296 g/mol. The minimum absolute atomic E-state index is 0.270. The zero-order chi connectivity index (χ0) is 14.9. The number of benzene rings is 1. The van der Waals surface area contributed by atoms with Gasteiger partial charge in [-0.05, 0) is 44.0 Å². The summed E-state index contributed by atoms with van der Waals surface area (Å²) in [5.41, 5.74) is 2.07. The van der Waals surface area contributed by atoms with Gasteiger partial charge in [0.15, 0.2) is 5.13 Å². The summed E-state index contributed by atoms with van der Waals surface area (Å²) < 4.78 is 32.6. The van der Waals surface area contributed by atoms with Crippen molar-refractivity contribution in [3.8, 4) is 5.75 Å². The van der Waals surface area contributed by atoms with Crippen molar-refractivity contribution >= 4 is 26.5 Å². The maximum absolute atomic E-state index is 12.5. The molecule has 0 saturated heterocycles. The van der Waals surface area contributed by atoms with Crippen molar-refractivity contribution in [2.45, 2.75) is 25.7 Å². The normalized spacial score (nSPS) is 11.4. The summed E-state index contributed by atoms with van der Waals surface area (Å²) in [6.45, 7) is 5.31. The Hall–Kier alpha value is -1.60. The van der Waals surface area contributed by atoms with E-state index in [1.807, 2.05) is 6.92 Å². The number of rotatable bonds is 4. The number of aryl methyl sites for hydroxylation is 3. The second-order valence-electron chi connectivity index (χ2n) is 4.49. The van der Waals surface area contributed by atoms with Crippen LogP contribution in [0.25, 0.3) is 0 Å². The molecule has 1 N–H and O–H groups in total. The fourth-order valence-electron chi connectivity index (χ4n) is 2.02. The van der Waals surface area contributed by atoms with Crippen LogP contribution < -0.4 is 9.46 Å². The summed E-state index contributed by atoms with van der Waals surface area (Å²) in [6, 6.07) is 3.41. The zero-order valence-electron chi connectivity index (χ0n) is 11.7. The predicted octanol–water partition coefficient (Wildman–Crippen LogP) is 2.88. The molecule has 0 unspecified atom stereocenters. The molecule has 0 bridgehead atoms. The molecule has 108 valence electrons. The first kappa shape index (κ1) is 14.8. The molecule has 0 fully saturated rings. The van der Waals surface area contributed by atoms with E-state index in [4.69, 9.17) is 4.74 Å². The number of nitrogens with one attached hydrogen (secondary N) is 1. The molecule has 0 aliphatic carbocycles. The molecule has 7 heteroatoms. The highest BCUT2D eigenvalue weighted by Gasteiger charge is 2.21. The van der Waals surface area contributed by atoms with Crippen LogP contribution >= 0.6 is 11.3 Å². The molecule has 0 amide bonds. The molecule has 0 saturated carbocycles. The zero-order valence-corrected chi connectivity index (χ0v) is 13.4. The smallest absolute Gasteiger partial charge is 0.264 e. The second kappa shape index (κ2) is 5.41. The lowest BCUT2D eigenvalue weighted by molar-refractivity contribution is 0.413. The molecule has 0 aliphatic rings. The molecule has 0 aliphatic heterocycles. The maximum atomic E-state index is 12.5. The first-order valence-corrected chi connectivity index (χ1v) is 8.30. The molecule has 0 spiro atoms. The summed E-state index contributed by atoms with van der Waals surface area (Å²) in [4.78, 5) is 4.39. The van der Waals surface area contributed by atoms with Crippen molar-refractivity contribution in [2.24, 2.45) is 0 Å². The van der Waals surface area contributed by atoms with E-state index in [-0.39, 0.29) is 4.90 Å². The fourth-order valence-corrected chi connectivity index (χ4v) is 4.42. The number of ether oxygens (including phenoxy) is 1. The van der Waals surface area contributed by atoms with E-state index in [1.165, 1.54) is 11.3 Å². The number of aromatic nitrogens is 1. The van der Waals surface area contributed by atoms with Gasteiger partial charge in [0.2, 0.25) is 0 Å². The van der Waals surface area contributed by atoms with Gasteiger partial charge in [0.1, 0.15) is 5.75 Å². The number of hydrogen-bond acceptors (Lipinski definition) is 5. The van der Waals surface area contributed by atoms with Crippen LogP contribution in [0.3, 0.4) is 0 Å². The summed E-state index contributed by atoms with van der Waals surface area (Å²) in [5.74, 6) is 0.643. The third kappa shape index (κ3) is 2.94. The molecule has 2 rings (SSSR count). The minimum Gasteiger partial charge on any atom is -0.497 e. The van der Waals surface area contributed by atoms with Gasteiger partial charge >= 0.3 is 0 Å². The number of hydrogen-bond donors (Lipinski definition) is 1. The SMILES string of the molecule is COc1cc(C)c(S(=O)(=O)Nc2nc(C)cs2)c(C)c1. The van der Waals surface area contributed by atoms with Crippen LogP contribution in [-0.2, 0) is 10.0 Å². The Labute approximate surface area is 122 Å². The van der Waals surface area contributed by atoms with Gasteiger partial charge in [0.05, 0.1) is 17.7 Å². The summed E-state index contributed by atoms with van der Waals surface area (Å²) in [5, 5.41) is 2.17. The van der Waals surface area contributed by atoms with Crippen LogP contribution in [0, 0.1) is 20.8 Å². The average molecular weight is 312 g/mol. The van der Waals surface area contributed by atoms with Crippen LogP contribution in [-0.4, -0.2) is 20.5 Å². The monoisotopic (exact) mass is 312 g/mol. The Morgan fingerprint density at radius 2 is 1.80 bits per heavy atom. The van der Waals surface area contributed by atoms with Crippen molar-refractivity contribution in [3.63, 3.8) is 0 Å². The lowest BCUT2D eigenvalue weighted by Gasteiger charge is -2.13. The van der Waals surface area contributed by atoms with Crippen molar-refractivity contribution < 1.29 is 13.2 Å². The van der Waals surface area contributed by atoms with Crippen molar-refractivity contribution in [1.82, 2.24) is 4.98 Å². The number of nitrogens with zero attached hydrogens (tertiary/aromatic N) is 1. The molecule has 5 nitrogen and oxygen atoms in total. The lowest BCUT2D eigenvalue weighted by Crippen LogP contribution is -2.15. The van der Waals surface area contributed by atoms with Crippen LogP contribution in [0.1, 0.15) is 16.8 Å². The van der Waals surface area contributed by atoms with E-state index in [0.29, 0.717) is 22.0 Å². The number of methoxy groups -OCH3 is 1. The Bertz CT molecular complexity index is 713. The Balaban J connectivity index is 2.44. The Morgan fingerprint density at radius 1 is 1.20 bits per heavy atom. The number of anilines is 1. The van der Waals surface area contributed by atoms with Gasteiger partial charge in [-0.1, -0.05) is 0 Å². The molecule has 0 radical (unpaired) electrons. The minimum atomic E-state index is -3.64. The topological polar surface area (TPSA) is 68.3 Å². The largest absolute Gasteiger partial charge is 0.497 e. The predicted molar refractivity (Wildman–Crippen MR) is 80.1 cm³/mol. The molecule has 1 heterocycles. The van der Waals surface area contributed by atoms with Crippen LogP contribution in [0.15, 0.2) is 22.4 Å². The van der Waals surface area contributed by atoms with Crippen LogP contribution in [0.2, 0.25) is 0 Å². The average Bonchev–Trinajstić information content (AvgIpc) is 2.72. The highest BCUT2D eigenvalue weighted by Crippen LogP contribution is 2.28. The van der Waals surface area contributed by atoms with E-state index < -0.39 is 10.0 Å². The highest BCUT2D eigenvalue weighted by atomic mass is 32.2. The molecule has 0 atom stereocenters. The standard InChI is InChI=1S/C13H16N2O3S2/c1-8-5-11(18-4)6-9(2)12(8)20(16,17)15-13-14-10(3)7-19-13/h5-7H,1-4H3,(H,14,15). The van der Waals surface area contributed by atoms with E-state index in [1.54, 1.807) is 38.5 Å². The fraction of sp³-hybridized carbons (Fsp3) is 0.308. The summed E-state index contributed by atoms with van der Waals surface area (Å²) >= 11 is 1.26. The second-order valence-corrected chi connectivity index (χ2v) is 6.97. The number of thiazole rings is 1. The van der Waals surface area contributed by atoms with Crippen molar-refractivity contribution in [1.29, 1.82) is 0 Å². The lowest BCUT2D eigenvalue weighted by atomic mass is 10.1. The van der Waals surface area contributed by atoms with E-state index in [0.717, 1.165) is 5.69 Å². The molecular formula is C13H16N2O3S2. The first-order valence-electron chi connectivity index (χ1n) is 5.93. The Kier molecular flexibility index (Phi) is 4.01. The van der Waals surface area contributed by atoms with Gasteiger partial charge in [-0.3, -0.25) is 4.72 Å². The first-order chi connectivity index (χ1) is 9.33. The Morgan fingerprint density at radius 3 is 2.25 bits per heavy atom. The maximum Gasteiger partial charge on any atom is 0.264 e. The number of sulfonamides is 1.